The molecule has 3 aromatic rings. The molecule has 7 rings (SSSR count). The van der Waals surface area contributed by atoms with Crippen LogP contribution in [0.2, 0.25) is 0 Å². The van der Waals surface area contributed by atoms with Gasteiger partial charge in [-0.2, -0.15) is 12.7 Å². The summed E-state index contributed by atoms with van der Waals surface area (Å²) in [7, 11) is -3.91. The number of ether oxygens (including phenoxy) is 1. The molecule has 1 saturated carbocycles. The summed E-state index contributed by atoms with van der Waals surface area (Å²) in [5.74, 6) is -0.275. The van der Waals surface area contributed by atoms with Crippen molar-refractivity contribution in [2.45, 2.75) is 57.4 Å². The molecule has 0 bridgehead atoms. The zero-order valence-corrected chi connectivity index (χ0v) is 25.2. The van der Waals surface area contributed by atoms with Gasteiger partial charge in [0.25, 0.3) is 11.8 Å². The molecule has 10 heteroatoms. The predicted octanol–water partition coefficient (Wildman–Crippen LogP) is 4.68. The van der Waals surface area contributed by atoms with Crippen LogP contribution in [-0.2, 0) is 26.3 Å². The van der Waals surface area contributed by atoms with Gasteiger partial charge < -0.3 is 14.2 Å². The molecule has 0 radical (unpaired) electrons. The van der Waals surface area contributed by atoms with E-state index in [9.17, 15) is 18.0 Å². The Balaban J connectivity index is 1.36. The number of rotatable bonds is 5. The monoisotopic (exact) mass is 602 g/mol. The molecule has 1 aromatic heterocycles. The number of nitrogens with zero attached hydrogens (tertiary/aromatic N) is 3. The van der Waals surface area contributed by atoms with Crippen molar-refractivity contribution in [1.29, 1.82) is 0 Å². The van der Waals surface area contributed by atoms with Gasteiger partial charge in [-0.25, -0.2) is 4.72 Å². The summed E-state index contributed by atoms with van der Waals surface area (Å²) < 4.78 is 37.1. The third-order valence-corrected chi connectivity index (χ3v) is 10.9. The number of aromatic nitrogens is 1. The molecule has 43 heavy (non-hydrogen) atoms. The standard InChI is InChI=1S/C33H38N4O5S/c38-32(34-43(40,41)36-14-6-7-15-36)25-12-13-28-29(21-25)37-22-26(33(39)35-16-18-42-19-17-35)20-24-10-4-5-11-27(24)31(37)30(28)23-8-2-1-3-9-23/h4-5,10-13,20-21,23H,1-3,6-9,14-19,22H2,(H,34,38). The van der Waals surface area contributed by atoms with Crippen molar-refractivity contribution >= 4 is 39.0 Å². The minimum Gasteiger partial charge on any atom is -0.378 e. The first kappa shape index (κ1) is 28.3. The Morgan fingerprint density at radius 1 is 0.884 bits per heavy atom. The average molecular weight is 603 g/mol. The van der Waals surface area contributed by atoms with Crippen LogP contribution in [0.1, 0.15) is 72.3 Å². The molecule has 9 nitrogen and oxygen atoms in total. The van der Waals surface area contributed by atoms with E-state index in [4.69, 9.17) is 4.74 Å². The van der Waals surface area contributed by atoms with Crippen LogP contribution in [0.15, 0.2) is 48.0 Å². The SMILES string of the molecule is O=C(NS(=O)(=O)N1CCCC1)c1ccc2c(C3CCCCC3)c3n(c2c1)CC(C(=O)N1CCOCC1)=Cc1ccccc1-3. The zero-order valence-electron chi connectivity index (χ0n) is 24.4. The first-order chi connectivity index (χ1) is 20.9. The number of hydrogen-bond acceptors (Lipinski definition) is 5. The van der Waals surface area contributed by atoms with E-state index in [1.807, 2.05) is 35.2 Å². The lowest BCUT2D eigenvalue weighted by molar-refractivity contribution is -0.131. The Bertz CT molecular complexity index is 1710. The Hall–Kier alpha value is -3.47. The fourth-order valence-electron chi connectivity index (χ4n) is 7.29. The molecule has 2 amide bonds. The molecule has 4 aliphatic rings. The minimum atomic E-state index is -3.91. The van der Waals surface area contributed by atoms with Crippen LogP contribution in [0, 0.1) is 0 Å². The van der Waals surface area contributed by atoms with E-state index in [1.165, 1.54) is 29.1 Å². The van der Waals surface area contributed by atoms with Crippen LogP contribution in [0.3, 0.4) is 0 Å². The summed E-state index contributed by atoms with van der Waals surface area (Å²) in [6.45, 7) is 3.37. The third-order valence-electron chi connectivity index (χ3n) is 9.45. The highest BCUT2D eigenvalue weighted by Crippen LogP contribution is 2.46. The number of fused-ring (bicyclic) bond motifs is 5. The topological polar surface area (TPSA) is 101 Å². The van der Waals surface area contributed by atoms with Crippen molar-refractivity contribution < 1.29 is 22.7 Å². The lowest BCUT2D eigenvalue weighted by Gasteiger charge is -2.28. The first-order valence-corrected chi connectivity index (χ1v) is 17.0. The van der Waals surface area contributed by atoms with Crippen molar-refractivity contribution in [3.63, 3.8) is 0 Å². The number of hydrogen-bond donors (Lipinski definition) is 1. The van der Waals surface area contributed by atoms with E-state index in [-0.39, 0.29) is 11.5 Å². The van der Waals surface area contributed by atoms with Gasteiger partial charge in [-0.05, 0) is 60.9 Å². The summed E-state index contributed by atoms with van der Waals surface area (Å²) in [5.41, 5.74) is 6.27. The maximum Gasteiger partial charge on any atom is 0.304 e. The normalized spacial score (nSPS) is 19.9. The Morgan fingerprint density at radius 2 is 1.63 bits per heavy atom. The summed E-state index contributed by atoms with van der Waals surface area (Å²) >= 11 is 0. The van der Waals surface area contributed by atoms with Gasteiger partial charge in [0.05, 0.1) is 25.5 Å². The molecule has 0 atom stereocenters. The predicted molar refractivity (Wildman–Crippen MR) is 166 cm³/mol. The lowest BCUT2D eigenvalue weighted by atomic mass is 9.81. The minimum absolute atomic E-state index is 0.00220. The van der Waals surface area contributed by atoms with Gasteiger partial charge in [0.1, 0.15) is 0 Å². The van der Waals surface area contributed by atoms with Crippen LogP contribution >= 0.6 is 0 Å². The van der Waals surface area contributed by atoms with Crippen molar-refractivity contribution in [3.05, 3.63) is 64.7 Å². The summed E-state index contributed by atoms with van der Waals surface area (Å²) in [4.78, 5) is 29.1. The van der Waals surface area contributed by atoms with Gasteiger partial charge in [0.2, 0.25) is 0 Å². The van der Waals surface area contributed by atoms with Crippen molar-refractivity contribution in [2.24, 2.45) is 0 Å². The van der Waals surface area contributed by atoms with E-state index in [0.29, 0.717) is 57.4 Å². The Morgan fingerprint density at radius 3 is 2.40 bits per heavy atom. The molecule has 0 unspecified atom stereocenters. The van der Waals surface area contributed by atoms with E-state index >= 15 is 0 Å². The van der Waals surface area contributed by atoms with Crippen molar-refractivity contribution in [1.82, 2.24) is 18.5 Å². The Labute approximate surface area is 252 Å². The molecule has 2 saturated heterocycles. The lowest BCUT2D eigenvalue weighted by Crippen LogP contribution is -2.42. The third kappa shape index (κ3) is 5.30. The highest BCUT2D eigenvalue weighted by Gasteiger charge is 2.32. The quantitative estimate of drug-likeness (QED) is 0.457. The molecular weight excluding hydrogens is 564 g/mol. The second-order valence-electron chi connectivity index (χ2n) is 12.1. The molecule has 2 aromatic carbocycles. The summed E-state index contributed by atoms with van der Waals surface area (Å²) in [6.07, 6.45) is 9.38. The maximum atomic E-state index is 13.9. The van der Waals surface area contributed by atoms with Crippen LogP contribution in [0.25, 0.3) is 28.2 Å². The number of carbonyl (C=O) groups is 2. The molecule has 1 N–H and O–H groups in total. The van der Waals surface area contributed by atoms with E-state index < -0.39 is 16.1 Å². The summed E-state index contributed by atoms with van der Waals surface area (Å²) in [5, 5.41) is 1.07. The highest BCUT2D eigenvalue weighted by atomic mass is 32.2. The maximum absolute atomic E-state index is 13.9. The van der Waals surface area contributed by atoms with Crippen LogP contribution < -0.4 is 4.72 Å². The van der Waals surface area contributed by atoms with E-state index in [2.05, 4.69) is 21.4 Å². The number of morpholine rings is 1. The molecule has 3 fully saturated rings. The van der Waals surface area contributed by atoms with Crippen LogP contribution in [0.4, 0.5) is 0 Å². The van der Waals surface area contributed by atoms with Gasteiger partial charge in [-0.3, -0.25) is 9.59 Å². The number of amides is 2. The molecule has 4 heterocycles. The van der Waals surface area contributed by atoms with Gasteiger partial charge in [-0.1, -0.05) is 49.6 Å². The van der Waals surface area contributed by atoms with E-state index in [0.717, 1.165) is 53.4 Å². The Kier molecular flexibility index (Phi) is 7.61. The highest BCUT2D eigenvalue weighted by molar-refractivity contribution is 7.87. The second kappa shape index (κ2) is 11.6. The van der Waals surface area contributed by atoms with Gasteiger partial charge in [-0.15, -0.1) is 0 Å². The number of carbonyl (C=O) groups excluding carboxylic acids is 2. The van der Waals surface area contributed by atoms with Gasteiger partial charge in [0.15, 0.2) is 0 Å². The van der Waals surface area contributed by atoms with Crippen LogP contribution in [0.5, 0.6) is 0 Å². The summed E-state index contributed by atoms with van der Waals surface area (Å²) in [6, 6.07) is 13.8. The average Bonchev–Trinajstić information content (AvgIpc) is 3.65. The molecule has 1 aliphatic carbocycles. The van der Waals surface area contributed by atoms with Crippen LogP contribution in [-0.4, -0.2) is 73.4 Å². The van der Waals surface area contributed by atoms with Gasteiger partial charge >= 0.3 is 10.2 Å². The van der Waals surface area contributed by atoms with Crippen molar-refractivity contribution in [3.8, 4) is 11.3 Å². The van der Waals surface area contributed by atoms with Gasteiger partial charge in [0, 0.05) is 53.8 Å². The number of nitrogens with one attached hydrogen (secondary N) is 1. The molecular formula is C33H38N4O5S. The van der Waals surface area contributed by atoms with E-state index in [1.54, 1.807) is 6.07 Å². The largest absolute Gasteiger partial charge is 0.378 e. The van der Waals surface area contributed by atoms with Crippen molar-refractivity contribution in [2.75, 3.05) is 39.4 Å². The number of benzene rings is 2. The second-order valence-corrected chi connectivity index (χ2v) is 13.8. The smallest absolute Gasteiger partial charge is 0.304 e. The first-order valence-electron chi connectivity index (χ1n) is 15.6. The fourth-order valence-corrected chi connectivity index (χ4v) is 8.51. The molecule has 226 valence electrons. The fraction of sp³-hybridized carbons (Fsp3) is 0.455. The molecule has 3 aliphatic heterocycles. The molecule has 0 spiro atoms. The zero-order chi connectivity index (χ0) is 29.6.